The highest BCUT2D eigenvalue weighted by Crippen LogP contribution is 2.25. The summed E-state index contributed by atoms with van der Waals surface area (Å²) >= 11 is 17.6. The van der Waals surface area contributed by atoms with Crippen LogP contribution in [0.3, 0.4) is 0 Å². The highest BCUT2D eigenvalue weighted by atomic mass is 35.5. The van der Waals surface area contributed by atoms with Crippen molar-refractivity contribution in [1.82, 2.24) is 0 Å². The zero-order valence-corrected chi connectivity index (χ0v) is 16.3. The maximum atomic E-state index is 12.2. The minimum absolute atomic E-state index is 0.245. The lowest BCUT2D eigenvalue weighted by Gasteiger charge is -2.14. The van der Waals surface area contributed by atoms with Gasteiger partial charge < -0.3 is 10.1 Å². The van der Waals surface area contributed by atoms with Gasteiger partial charge in [-0.3, -0.25) is 4.79 Å². The van der Waals surface area contributed by atoms with Crippen LogP contribution >= 0.6 is 34.8 Å². The molecule has 0 aromatic heterocycles. The molecule has 0 aliphatic carbocycles. The lowest BCUT2D eigenvalue weighted by Crippen LogP contribution is -2.30. The number of rotatable bonds is 5. The van der Waals surface area contributed by atoms with E-state index in [1.807, 2.05) is 0 Å². The van der Waals surface area contributed by atoms with Gasteiger partial charge in [0.25, 0.3) is 5.91 Å². The van der Waals surface area contributed by atoms with Crippen molar-refractivity contribution < 1.29 is 14.3 Å². The number of amides is 1. The number of nitrogens with zero attached hydrogens (tertiary/aromatic N) is 1. The summed E-state index contributed by atoms with van der Waals surface area (Å²) in [5, 5.41) is 12.9. The Labute approximate surface area is 171 Å². The van der Waals surface area contributed by atoms with Gasteiger partial charge in [0.1, 0.15) is 11.6 Å². The second kappa shape index (κ2) is 9.43. The number of nitriles is 1. The molecule has 1 amide bonds. The number of nitrogens with one attached hydrogen (secondary N) is 1. The Morgan fingerprint density at radius 3 is 2.33 bits per heavy atom. The molecular formula is C19H13Cl3N2O3. The van der Waals surface area contributed by atoms with E-state index in [-0.39, 0.29) is 10.6 Å². The summed E-state index contributed by atoms with van der Waals surface area (Å²) in [6.45, 7) is 1.38. The minimum atomic E-state index is -1.15. The van der Waals surface area contributed by atoms with Crippen LogP contribution < -0.4 is 5.32 Å². The number of carbonyl (C=O) groups excluding carboxylic acids is 2. The molecule has 0 fully saturated rings. The summed E-state index contributed by atoms with van der Waals surface area (Å²) in [7, 11) is 0. The first-order valence-corrected chi connectivity index (χ1v) is 8.78. The van der Waals surface area contributed by atoms with Crippen molar-refractivity contribution in [2.45, 2.75) is 13.0 Å². The first-order chi connectivity index (χ1) is 12.8. The first kappa shape index (κ1) is 20.8. The molecular weight excluding hydrogens is 411 g/mol. The Morgan fingerprint density at radius 1 is 1.11 bits per heavy atom. The van der Waals surface area contributed by atoms with E-state index in [2.05, 4.69) is 5.32 Å². The number of carbonyl (C=O) groups is 2. The van der Waals surface area contributed by atoms with E-state index in [1.165, 1.54) is 25.1 Å². The molecule has 2 aromatic rings. The third kappa shape index (κ3) is 6.00. The van der Waals surface area contributed by atoms with Crippen LogP contribution in [-0.4, -0.2) is 18.0 Å². The molecule has 5 nitrogen and oxygen atoms in total. The van der Waals surface area contributed by atoms with E-state index in [0.717, 1.165) is 0 Å². The average molecular weight is 424 g/mol. The number of anilines is 1. The summed E-state index contributed by atoms with van der Waals surface area (Å²) in [5.41, 5.74) is 0.672. The fraction of sp³-hybridized carbons (Fsp3) is 0.105. The Bertz CT molecular complexity index is 934. The number of esters is 1. The minimum Gasteiger partial charge on any atom is -0.448 e. The van der Waals surface area contributed by atoms with Crippen molar-refractivity contribution in [1.29, 1.82) is 5.26 Å². The Kier molecular flexibility index (Phi) is 7.26. The van der Waals surface area contributed by atoms with Crippen LogP contribution in [0.4, 0.5) is 5.69 Å². The van der Waals surface area contributed by atoms with Crippen molar-refractivity contribution in [3.8, 4) is 6.07 Å². The highest BCUT2D eigenvalue weighted by Gasteiger charge is 2.21. The van der Waals surface area contributed by atoms with Crippen LogP contribution in [0.2, 0.25) is 15.1 Å². The lowest BCUT2D eigenvalue weighted by atomic mass is 10.1. The average Bonchev–Trinajstić information content (AvgIpc) is 2.63. The van der Waals surface area contributed by atoms with Crippen molar-refractivity contribution in [2.24, 2.45) is 0 Å². The molecule has 27 heavy (non-hydrogen) atoms. The van der Waals surface area contributed by atoms with E-state index in [0.29, 0.717) is 21.3 Å². The zero-order chi connectivity index (χ0) is 20.0. The van der Waals surface area contributed by atoms with Crippen LogP contribution in [0.25, 0.3) is 6.08 Å². The third-order valence-corrected chi connectivity index (χ3v) is 4.16. The molecule has 8 heteroatoms. The van der Waals surface area contributed by atoms with E-state index in [9.17, 15) is 14.9 Å². The zero-order valence-electron chi connectivity index (χ0n) is 14.0. The van der Waals surface area contributed by atoms with Gasteiger partial charge in [0.2, 0.25) is 0 Å². The Balaban J connectivity index is 2.05. The topological polar surface area (TPSA) is 79.2 Å². The lowest BCUT2D eigenvalue weighted by molar-refractivity contribution is -0.148. The molecule has 0 radical (unpaired) electrons. The SMILES string of the molecule is CC(OC(=O)/C(C#N)=C\c1ccc(Cl)cc1)C(=O)Nc1ccc(Cl)cc1Cl. The number of hydrogen-bond donors (Lipinski definition) is 1. The number of ether oxygens (including phenoxy) is 1. The molecule has 1 atom stereocenters. The van der Waals surface area contributed by atoms with Gasteiger partial charge in [-0.05, 0) is 48.9 Å². The molecule has 2 aromatic carbocycles. The number of hydrogen-bond acceptors (Lipinski definition) is 4. The predicted octanol–water partition coefficient (Wildman–Crippen LogP) is 5.12. The maximum Gasteiger partial charge on any atom is 0.349 e. The van der Waals surface area contributed by atoms with Gasteiger partial charge in [0.15, 0.2) is 6.10 Å². The third-order valence-electron chi connectivity index (χ3n) is 3.36. The molecule has 0 bridgehead atoms. The second-order valence-corrected chi connectivity index (χ2v) is 6.66. The fourth-order valence-corrected chi connectivity index (χ4v) is 2.55. The molecule has 0 heterocycles. The van der Waals surface area contributed by atoms with Crippen LogP contribution in [0.15, 0.2) is 48.0 Å². The molecule has 138 valence electrons. The highest BCUT2D eigenvalue weighted by molar-refractivity contribution is 6.36. The van der Waals surface area contributed by atoms with Gasteiger partial charge >= 0.3 is 5.97 Å². The standard InChI is InChI=1S/C19H13Cl3N2O3/c1-11(18(25)24-17-7-6-15(21)9-16(17)22)27-19(26)13(10-23)8-12-2-4-14(20)5-3-12/h2-9,11H,1H3,(H,24,25)/b13-8-. The molecule has 1 unspecified atom stereocenters. The quantitative estimate of drug-likeness (QED) is 0.411. The summed E-state index contributed by atoms with van der Waals surface area (Å²) < 4.78 is 5.06. The largest absolute Gasteiger partial charge is 0.448 e. The summed E-state index contributed by atoms with van der Waals surface area (Å²) in [4.78, 5) is 24.4. The van der Waals surface area contributed by atoms with Gasteiger partial charge in [0.05, 0.1) is 10.7 Å². The van der Waals surface area contributed by atoms with Crippen LogP contribution in [0, 0.1) is 11.3 Å². The monoisotopic (exact) mass is 422 g/mol. The van der Waals surface area contributed by atoms with E-state index < -0.39 is 18.0 Å². The van der Waals surface area contributed by atoms with Crippen LogP contribution in [0.1, 0.15) is 12.5 Å². The Hall–Kier alpha value is -2.52. The van der Waals surface area contributed by atoms with Gasteiger partial charge in [-0.15, -0.1) is 0 Å². The molecule has 1 N–H and O–H groups in total. The normalized spacial score (nSPS) is 12.0. The molecule has 0 aliphatic heterocycles. The van der Waals surface area contributed by atoms with Crippen LogP contribution in [-0.2, 0) is 14.3 Å². The summed E-state index contributed by atoms with van der Waals surface area (Å²) in [6.07, 6.45) is 0.200. The molecule has 0 saturated carbocycles. The van der Waals surface area contributed by atoms with Gasteiger partial charge in [-0.1, -0.05) is 46.9 Å². The second-order valence-electron chi connectivity index (χ2n) is 5.38. The van der Waals surface area contributed by atoms with Gasteiger partial charge in [-0.2, -0.15) is 5.26 Å². The van der Waals surface area contributed by atoms with Gasteiger partial charge in [0, 0.05) is 10.0 Å². The predicted molar refractivity (Wildman–Crippen MR) is 106 cm³/mol. The molecule has 0 saturated heterocycles. The van der Waals surface area contributed by atoms with E-state index >= 15 is 0 Å². The summed E-state index contributed by atoms with van der Waals surface area (Å²) in [5.74, 6) is -1.52. The van der Waals surface area contributed by atoms with Crippen molar-refractivity contribution >= 4 is 58.4 Å². The first-order valence-electron chi connectivity index (χ1n) is 7.64. The number of benzene rings is 2. The molecule has 0 aliphatic rings. The smallest absolute Gasteiger partial charge is 0.349 e. The fourth-order valence-electron chi connectivity index (χ4n) is 1.97. The van der Waals surface area contributed by atoms with Crippen molar-refractivity contribution in [2.75, 3.05) is 5.32 Å². The van der Waals surface area contributed by atoms with Crippen molar-refractivity contribution in [3.63, 3.8) is 0 Å². The van der Waals surface area contributed by atoms with E-state index in [4.69, 9.17) is 39.5 Å². The maximum absolute atomic E-state index is 12.2. The van der Waals surface area contributed by atoms with Crippen LogP contribution in [0.5, 0.6) is 0 Å². The summed E-state index contributed by atoms with van der Waals surface area (Å²) in [6, 6.07) is 12.9. The Morgan fingerprint density at radius 2 is 1.74 bits per heavy atom. The molecule has 2 rings (SSSR count). The van der Waals surface area contributed by atoms with Gasteiger partial charge in [-0.25, -0.2) is 4.79 Å². The number of halogens is 3. The van der Waals surface area contributed by atoms with Crippen molar-refractivity contribution in [3.05, 3.63) is 68.7 Å². The van der Waals surface area contributed by atoms with E-state index in [1.54, 1.807) is 36.4 Å². The molecule has 0 spiro atoms.